The van der Waals surface area contributed by atoms with E-state index in [0.29, 0.717) is 17.7 Å². The van der Waals surface area contributed by atoms with E-state index in [1.165, 1.54) is 0 Å². The predicted molar refractivity (Wildman–Crippen MR) is 71.1 cm³/mol. The van der Waals surface area contributed by atoms with Gasteiger partial charge in [-0.05, 0) is 44.4 Å². The van der Waals surface area contributed by atoms with Gasteiger partial charge < -0.3 is 10.1 Å². The van der Waals surface area contributed by atoms with Crippen molar-refractivity contribution in [1.29, 1.82) is 0 Å². The number of aryl methyl sites for hydroxylation is 1. The van der Waals surface area contributed by atoms with Crippen LogP contribution in [0.3, 0.4) is 0 Å². The lowest BCUT2D eigenvalue weighted by molar-refractivity contribution is -0.00860. The second kappa shape index (κ2) is 6.44. The van der Waals surface area contributed by atoms with E-state index >= 15 is 0 Å². The van der Waals surface area contributed by atoms with Gasteiger partial charge in [0.15, 0.2) is 0 Å². The van der Waals surface area contributed by atoms with Gasteiger partial charge in [0.1, 0.15) is 11.6 Å². The fourth-order valence-electron chi connectivity index (χ4n) is 2.61. The molecule has 4 heteroatoms. The van der Waals surface area contributed by atoms with Crippen molar-refractivity contribution in [3.05, 3.63) is 34.9 Å². The fourth-order valence-corrected chi connectivity index (χ4v) is 2.61. The molecule has 0 aliphatic carbocycles. The average molecular weight is 269 g/mol. The van der Waals surface area contributed by atoms with Crippen molar-refractivity contribution in [2.75, 3.05) is 13.2 Å². The number of hydrogen-bond acceptors (Lipinski definition) is 2. The third-order valence-electron chi connectivity index (χ3n) is 3.62. The van der Waals surface area contributed by atoms with Crippen molar-refractivity contribution < 1.29 is 13.5 Å². The topological polar surface area (TPSA) is 21.3 Å². The second-order valence-electron chi connectivity index (χ2n) is 5.06. The number of ether oxygens (including phenoxy) is 1. The smallest absolute Gasteiger partial charge is 0.131 e. The molecule has 2 unspecified atom stereocenters. The zero-order chi connectivity index (χ0) is 13.8. The Labute approximate surface area is 113 Å². The van der Waals surface area contributed by atoms with Gasteiger partial charge in [0, 0.05) is 18.2 Å². The van der Waals surface area contributed by atoms with Gasteiger partial charge in [0.05, 0.1) is 12.1 Å². The van der Waals surface area contributed by atoms with Gasteiger partial charge in [-0.2, -0.15) is 0 Å². The van der Waals surface area contributed by atoms with Gasteiger partial charge in [-0.1, -0.05) is 6.92 Å². The zero-order valence-corrected chi connectivity index (χ0v) is 11.5. The van der Waals surface area contributed by atoms with Crippen LogP contribution in [0.5, 0.6) is 0 Å². The predicted octanol–water partition coefficient (Wildman–Crippen LogP) is 3.49. The largest absolute Gasteiger partial charge is 0.376 e. The van der Waals surface area contributed by atoms with E-state index < -0.39 is 11.6 Å². The molecule has 1 heterocycles. The summed E-state index contributed by atoms with van der Waals surface area (Å²) >= 11 is 0. The maximum atomic E-state index is 14.0. The molecule has 0 amide bonds. The number of likely N-dealkylation sites (N-methyl/N-ethyl adjacent to an activating group) is 1. The molecule has 2 nitrogen and oxygen atoms in total. The van der Waals surface area contributed by atoms with Gasteiger partial charge in [0.25, 0.3) is 0 Å². The second-order valence-corrected chi connectivity index (χ2v) is 5.06. The van der Waals surface area contributed by atoms with Crippen LogP contribution >= 0.6 is 0 Å². The van der Waals surface area contributed by atoms with Crippen LogP contribution in [-0.2, 0) is 4.74 Å². The highest BCUT2D eigenvalue weighted by molar-refractivity contribution is 5.29. The minimum atomic E-state index is -0.499. The molecular formula is C15H21F2NO. The Hall–Kier alpha value is -1.00. The summed E-state index contributed by atoms with van der Waals surface area (Å²) in [4.78, 5) is 0. The number of nitrogens with one attached hydrogen (secondary N) is 1. The van der Waals surface area contributed by atoms with Crippen LogP contribution in [0.4, 0.5) is 8.78 Å². The van der Waals surface area contributed by atoms with Crippen LogP contribution in [0.1, 0.15) is 43.4 Å². The molecule has 0 radical (unpaired) electrons. The van der Waals surface area contributed by atoms with Gasteiger partial charge in [-0.3, -0.25) is 0 Å². The van der Waals surface area contributed by atoms with Crippen molar-refractivity contribution in [2.24, 2.45) is 0 Å². The molecule has 0 bridgehead atoms. The molecule has 0 aromatic heterocycles. The summed E-state index contributed by atoms with van der Waals surface area (Å²) in [5.41, 5.74) is 0.975. The van der Waals surface area contributed by atoms with Crippen LogP contribution in [0.25, 0.3) is 0 Å². The van der Waals surface area contributed by atoms with E-state index in [2.05, 4.69) is 5.32 Å². The molecule has 1 saturated heterocycles. The van der Waals surface area contributed by atoms with Gasteiger partial charge in [0.2, 0.25) is 0 Å². The van der Waals surface area contributed by atoms with Gasteiger partial charge in [-0.15, -0.1) is 0 Å². The first kappa shape index (κ1) is 14.4. The Morgan fingerprint density at radius 1 is 1.32 bits per heavy atom. The van der Waals surface area contributed by atoms with Gasteiger partial charge in [-0.25, -0.2) is 8.78 Å². The Bertz CT molecular complexity index is 430. The summed E-state index contributed by atoms with van der Waals surface area (Å²) in [6.07, 6.45) is 3.02. The van der Waals surface area contributed by atoms with Crippen molar-refractivity contribution in [1.82, 2.24) is 5.32 Å². The maximum absolute atomic E-state index is 14.0. The molecular weight excluding hydrogens is 248 g/mol. The minimum absolute atomic E-state index is 0.0342. The first-order valence-electron chi connectivity index (χ1n) is 6.94. The maximum Gasteiger partial charge on any atom is 0.131 e. The highest BCUT2D eigenvalue weighted by atomic mass is 19.1. The molecule has 19 heavy (non-hydrogen) atoms. The first-order chi connectivity index (χ1) is 9.13. The van der Waals surface area contributed by atoms with Crippen LogP contribution in [0, 0.1) is 18.6 Å². The number of rotatable bonds is 4. The highest BCUT2D eigenvalue weighted by Crippen LogP contribution is 2.29. The lowest BCUT2D eigenvalue weighted by atomic mass is 9.94. The summed E-state index contributed by atoms with van der Waals surface area (Å²) in [7, 11) is 0. The van der Waals surface area contributed by atoms with E-state index in [4.69, 9.17) is 4.74 Å². The number of benzene rings is 1. The molecule has 106 valence electrons. The summed E-state index contributed by atoms with van der Waals surface area (Å²) in [5, 5.41) is 3.27. The molecule has 1 aromatic rings. The number of hydrogen-bond donors (Lipinski definition) is 1. The normalized spacial score (nSPS) is 21.4. The molecule has 1 N–H and O–H groups in total. The Morgan fingerprint density at radius 2 is 2.11 bits per heavy atom. The van der Waals surface area contributed by atoms with Crippen molar-refractivity contribution in [3.63, 3.8) is 0 Å². The Morgan fingerprint density at radius 3 is 2.74 bits per heavy atom. The molecule has 0 saturated carbocycles. The van der Waals surface area contributed by atoms with E-state index in [0.717, 1.165) is 31.9 Å². The monoisotopic (exact) mass is 269 g/mol. The molecule has 1 fully saturated rings. The van der Waals surface area contributed by atoms with E-state index in [-0.39, 0.29) is 12.1 Å². The van der Waals surface area contributed by atoms with Crippen LogP contribution in [-0.4, -0.2) is 19.3 Å². The van der Waals surface area contributed by atoms with Crippen molar-refractivity contribution >= 4 is 0 Å². The molecule has 2 rings (SSSR count). The van der Waals surface area contributed by atoms with Crippen molar-refractivity contribution in [2.45, 2.75) is 45.3 Å². The SMILES string of the molecule is CCNC(c1cc(C)c(F)cc1F)C1CCCCO1. The van der Waals surface area contributed by atoms with Crippen LogP contribution < -0.4 is 5.32 Å². The third-order valence-corrected chi connectivity index (χ3v) is 3.62. The van der Waals surface area contributed by atoms with E-state index in [1.54, 1.807) is 13.0 Å². The highest BCUT2D eigenvalue weighted by Gasteiger charge is 2.28. The lowest BCUT2D eigenvalue weighted by Crippen LogP contribution is -2.36. The first-order valence-corrected chi connectivity index (χ1v) is 6.94. The minimum Gasteiger partial charge on any atom is -0.376 e. The summed E-state index contributed by atoms with van der Waals surface area (Å²) in [5.74, 6) is -0.996. The Kier molecular flexibility index (Phi) is 4.88. The summed E-state index contributed by atoms with van der Waals surface area (Å²) < 4.78 is 33.1. The van der Waals surface area contributed by atoms with Crippen LogP contribution in [0.2, 0.25) is 0 Å². The van der Waals surface area contributed by atoms with E-state index in [9.17, 15) is 8.78 Å². The van der Waals surface area contributed by atoms with Gasteiger partial charge >= 0.3 is 0 Å². The quantitative estimate of drug-likeness (QED) is 0.903. The van der Waals surface area contributed by atoms with Crippen LogP contribution in [0.15, 0.2) is 12.1 Å². The molecule has 0 spiro atoms. The van der Waals surface area contributed by atoms with Crippen molar-refractivity contribution in [3.8, 4) is 0 Å². The fraction of sp³-hybridized carbons (Fsp3) is 0.600. The molecule has 2 atom stereocenters. The third kappa shape index (κ3) is 3.31. The number of halogens is 2. The lowest BCUT2D eigenvalue weighted by Gasteiger charge is -2.31. The summed E-state index contributed by atoms with van der Waals surface area (Å²) in [6, 6.07) is 2.36. The molecule has 1 aromatic carbocycles. The molecule has 1 aliphatic heterocycles. The zero-order valence-electron chi connectivity index (χ0n) is 11.5. The Balaban J connectivity index is 2.29. The van der Waals surface area contributed by atoms with E-state index in [1.807, 2.05) is 6.92 Å². The standard InChI is InChI=1S/C15H21F2NO/c1-3-18-15(14-6-4-5-7-19-14)11-8-10(2)12(16)9-13(11)17/h8-9,14-15,18H,3-7H2,1-2H3. The average Bonchev–Trinajstić information content (AvgIpc) is 2.42. The summed E-state index contributed by atoms with van der Waals surface area (Å²) in [6.45, 7) is 5.07. The molecule has 1 aliphatic rings.